The van der Waals surface area contributed by atoms with Crippen molar-refractivity contribution in [1.82, 2.24) is 19.5 Å². The quantitative estimate of drug-likeness (QED) is 0.189. The Bertz CT molecular complexity index is 2410. The maximum atomic E-state index is 5.24. The molecule has 1 fully saturated rings. The first-order valence-electron chi connectivity index (χ1n) is 18.1. The van der Waals surface area contributed by atoms with Crippen LogP contribution in [0.25, 0.3) is 45.7 Å². The van der Waals surface area contributed by atoms with E-state index in [1.807, 2.05) is 36.4 Å². The normalized spacial score (nSPS) is 24.6. The van der Waals surface area contributed by atoms with Crippen LogP contribution in [-0.2, 0) is 6.42 Å². The van der Waals surface area contributed by atoms with E-state index in [0.717, 1.165) is 29.5 Å². The second-order valence-electron chi connectivity index (χ2n) is 14.9. The number of rotatable bonds is 4. The fraction of sp³-hybridized carbons (Fsp3) is 0.196. The SMILES string of the molecule is CC1CC=CC2=C1C=CC1N(c3ccccc3)C3(C)Cc4c(c5ccccc5n4-c4nc(-c5ccccc5)nc(-c5ccccc5)n4)C=C3C21C. The van der Waals surface area contributed by atoms with Crippen molar-refractivity contribution in [2.24, 2.45) is 11.3 Å². The van der Waals surface area contributed by atoms with Gasteiger partial charge >= 0.3 is 0 Å². The Labute approximate surface area is 299 Å². The molecule has 4 aromatic carbocycles. The van der Waals surface area contributed by atoms with E-state index >= 15 is 0 Å². The molecule has 4 atom stereocenters. The molecule has 10 rings (SSSR count). The van der Waals surface area contributed by atoms with Gasteiger partial charge in [-0.15, -0.1) is 0 Å². The lowest BCUT2D eigenvalue weighted by molar-refractivity contribution is 0.457. The summed E-state index contributed by atoms with van der Waals surface area (Å²) in [5.41, 5.74) is 10.7. The maximum Gasteiger partial charge on any atom is 0.238 e. The van der Waals surface area contributed by atoms with Crippen molar-refractivity contribution in [3.05, 3.63) is 168 Å². The summed E-state index contributed by atoms with van der Waals surface area (Å²) in [6.07, 6.45) is 14.2. The van der Waals surface area contributed by atoms with Crippen LogP contribution in [0.5, 0.6) is 0 Å². The molecule has 5 nitrogen and oxygen atoms in total. The van der Waals surface area contributed by atoms with Crippen molar-refractivity contribution in [3.8, 4) is 28.7 Å². The van der Waals surface area contributed by atoms with Crippen LogP contribution in [0.15, 0.2) is 156 Å². The van der Waals surface area contributed by atoms with Gasteiger partial charge in [0.1, 0.15) is 0 Å². The Hall–Kier alpha value is -5.81. The molecule has 0 bridgehead atoms. The summed E-state index contributed by atoms with van der Waals surface area (Å²) in [5, 5.41) is 1.22. The van der Waals surface area contributed by atoms with Gasteiger partial charge in [0.05, 0.1) is 17.1 Å². The van der Waals surface area contributed by atoms with Gasteiger partial charge < -0.3 is 4.90 Å². The lowest BCUT2D eigenvalue weighted by Crippen LogP contribution is -2.49. The lowest BCUT2D eigenvalue weighted by Gasteiger charge is -2.42. The van der Waals surface area contributed by atoms with Crippen LogP contribution in [0, 0.1) is 11.3 Å². The van der Waals surface area contributed by atoms with E-state index in [1.54, 1.807) is 0 Å². The van der Waals surface area contributed by atoms with E-state index in [-0.39, 0.29) is 17.0 Å². The molecule has 248 valence electrons. The summed E-state index contributed by atoms with van der Waals surface area (Å²) in [6.45, 7) is 7.34. The zero-order valence-corrected chi connectivity index (χ0v) is 29.2. The molecule has 0 saturated carbocycles. The molecule has 1 aliphatic heterocycles. The molecular weight excluding hydrogens is 623 g/mol. The van der Waals surface area contributed by atoms with Gasteiger partial charge in [-0.25, -0.2) is 4.98 Å². The molecule has 2 aromatic heterocycles. The first kappa shape index (κ1) is 30.1. The summed E-state index contributed by atoms with van der Waals surface area (Å²) in [6, 6.07) is 40.4. The van der Waals surface area contributed by atoms with Crippen LogP contribution in [0.1, 0.15) is 38.4 Å². The molecule has 51 heavy (non-hydrogen) atoms. The van der Waals surface area contributed by atoms with Crippen LogP contribution in [-0.4, -0.2) is 31.1 Å². The Kier molecular flexibility index (Phi) is 6.54. The molecule has 3 aliphatic carbocycles. The fourth-order valence-corrected chi connectivity index (χ4v) is 9.57. The van der Waals surface area contributed by atoms with Crippen molar-refractivity contribution >= 4 is 22.7 Å². The Morgan fingerprint density at radius 3 is 2.02 bits per heavy atom. The van der Waals surface area contributed by atoms with Crippen LogP contribution in [0.2, 0.25) is 0 Å². The topological polar surface area (TPSA) is 46.8 Å². The molecule has 3 heterocycles. The molecule has 0 N–H and O–H groups in total. The van der Waals surface area contributed by atoms with Crippen molar-refractivity contribution in [3.63, 3.8) is 0 Å². The molecule has 0 radical (unpaired) electrons. The monoisotopic (exact) mass is 661 g/mol. The van der Waals surface area contributed by atoms with Gasteiger partial charge in [-0.1, -0.05) is 128 Å². The summed E-state index contributed by atoms with van der Waals surface area (Å²) in [5.74, 6) is 2.47. The number of fused-ring (bicyclic) bond motifs is 7. The minimum absolute atomic E-state index is 0.167. The predicted octanol–water partition coefficient (Wildman–Crippen LogP) is 10.2. The summed E-state index contributed by atoms with van der Waals surface area (Å²) < 4.78 is 2.32. The summed E-state index contributed by atoms with van der Waals surface area (Å²) in [4.78, 5) is 18.2. The number of hydrogen-bond donors (Lipinski definition) is 0. The standard InChI is InChI=1S/C46H39N5/c1-30-16-15-24-37-34(30)26-27-41-46(37,3)40-28-36-35-23-13-14-25-38(35)50(39(36)29-45(40,2)51(41)33-21-11-6-12-22-33)44-48-42(31-17-7-4-8-18-31)47-43(49-44)32-19-9-5-10-20-32/h4-15,17-28,30,41H,16,29H2,1-3H3. The second-order valence-corrected chi connectivity index (χ2v) is 14.9. The Morgan fingerprint density at radius 1 is 0.706 bits per heavy atom. The molecule has 4 unspecified atom stereocenters. The third-order valence-electron chi connectivity index (χ3n) is 11.9. The predicted molar refractivity (Wildman–Crippen MR) is 208 cm³/mol. The number of aromatic nitrogens is 4. The second kappa shape index (κ2) is 11.1. The highest BCUT2D eigenvalue weighted by Gasteiger charge is 2.62. The maximum absolute atomic E-state index is 5.24. The van der Waals surface area contributed by atoms with Gasteiger partial charge in [-0.05, 0) is 67.2 Å². The van der Waals surface area contributed by atoms with Crippen molar-refractivity contribution in [2.75, 3.05) is 4.90 Å². The van der Waals surface area contributed by atoms with Gasteiger partial charge in [0.15, 0.2) is 11.6 Å². The van der Waals surface area contributed by atoms with Crippen molar-refractivity contribution in [1.29, 1.82) is 0 Å². The molecule has 0 spiro atoms. The summed E-state index contributed by atoms with van der Waals surface area (Å²) >= 11 is 0. The van der Waals surface area contributed by atoms with Crippen molar-refractivity contribution in [2.45, 2.75) is 45.2 Å². The van der Waals surface area contributed by atoms with E-state index in [9.17, 15) is 0 Å². The van der Waals surface area contributed by atoms with E-state index < -0.39 is 0 Å². The highest BCUT2D eigenvalue weighted by molar-refractivity contribution is 5.95. The average molecular weight is 662 g/mol. The number of benzene rings is 4. The van der Waals surface area contributed by atoms with Crippen LogP contribution < -0.4 is 4.90 Å². The lowest BCUT2D eigenvalue weighted by atomic mass is 9.61. The summed E-state index contributed by atoms with van der Waals surface area (Å²) in [7, 11) is 0. The minimum atomic E-state index is -0.321. The number of para-hydroxylation sites is 2. The first-order valence-corrected chi connectivity index (χ1v) is 18.1. The van der Waals surface area contributed by atoms with Gasteiger partial charge in [-0.2, -0.15) is 9.97 Å². The molecular formula is C46H39N5. The zero-order chi connectivity index (χ0) is 34.3. The van der Waals surface area contributed by atoms with Crippen LogP contribution >= 0.6 is 0 Å². The molecule has 1 saturated heterocycles. The minimum Gasteiger partial charge on any atom is -0.354 e. The molecule has 6 aromatic rings. The van der Waals surface area contributed by atoms with E-state index in [1.165, 1.54) is 39.1 Å². The smallest absolute Gasteiger partial charge is 0.238 e. The number of anilines is 1. The average Bonchev–Trinajstić information content (AvgIpc) is 3.60. The van der Waals surface area contributed by atoms with Gasteiger partial charge in [0, 0.05) is 45.3 Å². The third kappa shape index (κ3) is 4.30. The fourth-order valence-electron chi connectivity index (χ4n) is 9.57. The number of allylic oxidation sites excluding steroid dienone is 4. The first-order chi connectivity index (χ1) is 24.9. The van der Waals surface area contributed by atoms with E-state index in [2.05, 4.69) is 139 Å². The number of hydrogen-bond acceptors (Lipinski definition) is 4. The van der Waals surface area contributed by atoms with Crippen LogP contribution in [0.3, 0.4) is 0 Å². The van der Waals surface area contributed by atoms with E-state index in [4.69, 9.17) is 15.0 Å². The van der Waals surface area contributed by atoms with Gasteiger partial charge in [0.25, 0.3) is 0 Å². The third-order valence-corrected chi connectivity index (χ3v) is 11.9. The Morgan fingerprint density at radius 2 is 1.33 bits per heavy atom. The number of nitrogens with zero attached hydrogens (tertiary/aromatic N) is 5. The highest BCUT2D eigenvalue weighted by atomic mass is 15.3. The Balaban J connectivity index is 1.25. The van der Waals surface area contributed by atoms with Crippen LogP contribution in [0.4, 0.5) is 5.69 Å². The largest absolute Gasteiger partial charge is 0.354 e. The van der Waals surface area contributed by atoms with Gasteiger partial charge in [0.2, 0.25) is 5.95 Å². The molecule has 5 heteroatoms. The molecule has 4 aliphatic rings. The van der Waals surface area contributed by atoms with Gasteiger partial charge in [-0.3, -0.25) is 4.57 Å². The van der Waals surface area contributed by atoms with E-state index in [0.29, 0.717) is 23.5 Å². The molecule has 0 amide bonds. The highest BCUT2D eigenvalue weighted by Crippen LogP contribution is 2.63. The zero-order valence-electron chi connectivity index (χ0n) is 29.2. The van der Waals surface area contributed by atoms with Crippen molar-refractivity contribution < 1.29 is 0 Å².